The minimum absolute atomic E-state index is 0.0153. The van der Waals surface area contributed by atoms with Crippen molar-refractivity contribution in [1.82, 2.24) is 25.2 Å². The Labute approximate surface area is 172 Å². The van der Waals surface area contributed by atoms with E-state index in [-0.39, 0.29) is 17.3 Å². The maximum atomic E-state index is 13.4. The summed E-state index contributed by atoms with van der Waals surface area (Å²) in [4.78, 5) is 28.4. The Bertz CT molecular complexity index is 1110. The van der Waals surface area contributed by atoms with Gasteiger partial charge in [-0.25, -0.2) is 4.39 Å². The Balaban J connectivity index is 1.88. The lowest BCUT2D eigenvalue weighted by molar-refractivity contribution is -0.142. The van der Waals surface area contributed by atoms with E-state index >= 15 is 0 Å². The topological polar surface area (TPSA) is 112 Å². The number of aromatic nitrogens is 4. The van der Waals surface area contributed by atoms with Gasteiger partial charge in [0, 0.05) is 18.7 Å². The van der Waals surface area contributed by atoms with Crippen molar-refractivity contribution in [3.63, 3.8) is 0 Å². The van der Waals surface area contributed by atoms with Crippen LogP contribution in [0.3, 0.4) is 0 Å². The monoisotopic (exact) mass is 441 g/mol. The standard InChI is InChI=1S/C18H15F4N5O4/c1-27-12(8-13(25-27)18(20,21)22)16(29)23-11(7-14(28)30-2)17-24-15(26-31-17)9-4-3-5-10(19)6-9/h3-6,8,11H,7H2,1-2H3,(H,23,29)/t11-/m1/s1. The van der Waals surface area contributed by atoms with Crippen LogP contribution in [-0.2, 0) is 22.8 Å². The van der Waals surface area contributed by atoms with Crippen LogP contribution in [0.5, 0.6) is 0 Å². The summed E-state index contributed by atoms with van der Waals surface area (Å²) in [5.41, 5.74) is -1.39. The van der Waals surface area contributed by atoms with Crippen LogP contribution >= 0.6 is 0 Å². The molecule has 0 unspecified atom stereocenters. The Hall–Kier alpha value is -3.77. The molecule has 3 rings (SSSR count). The number of rotatable bonds is 6. The lowest BCUT2D eigenvalue weighted by atomic mass is 10.2. The minimum atomic E-state index is -4.74. The van der Waals surface area contributed by atoms with Gasteiger partial charge in [0.1, 0.15) is 17.6 Å². The van der Waals surface area contributed by atoms with Gasteiger partial charge in [-0.05, 0) is 12.1 Å². The highest BCUT2D eigenvalue weighted by molar-refractivity contribution is 5.93. The number of carbonyl (C=O) groups excluding carboxylic acids is 2. The molecular formula is C18H15F4N5O4. The molecule has 0 fully saturated rings. The van der Waals surface area contributed by atoms with E-state index in [0.717, 1.165) is 24.9 Å². The number of carbonyl (C=O) groups is 2. The van der Waals surface area contributed by atoms with Crippen molar-refractivity contribution in [2.45, 2.75) is 18.6 Å². The van der Waals surface area contributed by atoms with Gasteiger partial charge in [-0.2, -0.15) is 23.3 Å². The molecule has 1 aromatic carbocycles. The summed E-state index contributed by atoms with van der Waals surface area (Å²) in [6, 6.07) is 4.65. The number of nitrogens with one attached hydrogen (secondary N) is 1. The number of benzene rings is 1. The third-order valence-corrected chi connectivity index (χ3v) is 4.13. The lowest BCUT2D eigenvalue weighted by Gasteiger charge is -2.13. The zero-order valence-electron chi connectivity index (χ0n) is 16.1. The highest BCUT2D eigenvalue weighted by Crippen LogP contribution is 2.28. The van der Waals surface area contributed by atoms with Crippen LogP contribution in [0, 0.1) is 5.82 Å². The fraction of sp³-hybridized carbons (Fsp3) is 0.278. The number of hydrogen-bond acceptors (Lipinski definition) is 7. The number of aryl methyl sites for hydroxylation is 1. The molecule has 0 aliphatic heterocycles. The van der Waals surface area contributed by atoms with Crippen molar-refractivity contribution in [3.8, 4) is 11.4 Å². The lowest BCUT2D eigenvalue weighted by Crippen LogP contribution is -2.32. The second-order valence-electron chi connectivity index (χ2n) is 6.31. The number of halogens is 4. The highest BCUT2D eigenvalue weighted by atomic mass is 19.4. The largest absolute Gasteiger partial charge is 0.469 e. The molecule has 0 radical (unpaired) electrons. The summed E-state index contributed by atoms with van der Waals surface area (Å²) in [5, 5.41) is 9.32. The second-order valence-corrected chi connectivity index (χ2v) is 6.31. The van der Waals surface area contributed by atoms with E-state index in [1.807, 2.05) is 0 Å². The van der Waals surface area contributed by atoms with E-state index in [9.17, 15) is 27.2 Å². The predicted molar refractivity (Wildman–Crippen MR) is 94.7 cm³/mol. The molecule has 2 heterocycles. The average Bonchev–Trinajstić information content (AvgIpc) is 3.34. The molecule has 2 aromatic heterocycles. The van der Waals surface area contributed by atoms with Gasteiger partial charge >= 0.3 is 12.1 Å². The van der Waals surface area contributed by atoms with Crippen LogP contribution in [0.25, 0.3) is 11.4 Å². The van der Waals surface area contributed by atoms with E-state index in [4.69, 9.17) is 4.52 Å². The van der Waals surface area contributed by atoms with E-state index in [2.05, 4.69) is 25.3 Å². The van der Waals surface area contributed by atoms with Crippen molar-refractivity contribution in [1.29, 1.82) is 0 Å². The Morgan fingerprint density at radius 1 is 1.29 bits per heavy atom. The molecule has 31 heavy (non-hydrogen) atoms. The summed E-state index contributed by atoms with van der Waals surface area (Å²) in [6.45, 7) is 0. The third-order valence-electron chi connectivity index (χ3n) is 4.13. The van der Waals surface area contributed by atoms with Crippen molar-refractivity contribution in [2.24, 2.45) is 7.05 Å². The normalized spacial score (nSPS) is 12.5. The maximum Gasteiger partial charge on any atom is 0.435 e. The smallest absolute Gasteiger partial charge is 0.435 e. The summed E-state index contributed by atoms with van der Waals surface area (Å²) in [7, 11) is 2.28. The summed E-state index contributed by atoms with van der Waals surface area (Å²) < 4.78 is 62.4. The van der Waals surface area contributed by atoms with Crippen LogP contribution in [0.2, 0.25) is 0 Å². The first-order chi connectivity index (χ1) is 14.6. The predicted octanol–water partition coefficient (Wildman–Crippen LogP) is 2.66. The van der Waals surface area contributed by atoms with Crippen LogP contribution in [0.4, 0.5) is 17.6 Å². The number of esters is 1. The molecule has 0 spiro atoms. The van der Waals surface area contributed by atoms with Gasteiger partial charge in [0.15, 0.2) is 5.69 Å². The highest BCUT2D eigenvalue weighted by Gasteiger charge is 2.36. The van der Waals surface area contributed by atoms with Gasteiger partial charge in [0.25, 0.3) is 5.91 Å². The molecule has 164 valence electrons. The fourth-order valence-electron chi connectivity index (χ4n) is 2.62. The SMILES string of the molecule is COC(=O)C[C@@H](NC(=O)c1cc(C(F)(F)F)nn1C)c1nc(-c2cccc(F)c2)no1. The quantitative estimate of drug-likeness (QED) is 0.462. The molecule has 0 saturated heterocycles. The molecule has 13 heteroatoms. The number of nitrogens with zero attached hydrogens (tertiary/aromatic N) is 4. The maximum absolute atomic E-state index is 13.4. The van der Waals surface area contributed by atoms with Gasteiger partial charge in [0.2, 0.25) is 11.7 Å². The van der Waals surface area contributed by atoms with E-state index < -0.39 is 47.7 Å². The zero-order valence-corrected chi connectivity index (χ0v) is 16.1. The van der Waals surface area contributed by atoms with Crippen molar-refractivity contribution < 1.29 is 36.4 Å². The van der Waals surface area contributed by atoms with E-state index in [1.165, 1.54) is 18.2 Å². The molecule has 1 amide bonds. The molecule has 0 aliphatic carbocycles. The summed E-state index contributed by atoms with van der Waals surface area (Å²) in [6.07, 6.45) is -5.19. The second kappa shape index (κ2) is 8.53. The third kappa shape index (κ3) is 5.05. The molecule has 0 bridgehead atoms. The Morgan fingerprint density at radius 3 is 2.65 bits per heavy atom. The summed E-state index contributed by atoms with van der Waals surface area (Å²) in [5.74, 6) is -2.50. The molecule has 0 saturated carbocycles. The molecular weight excluding hydrogens is 426 g/mol. The van der Waals surface area contributed by atoms with Crippen LogP contribution in [0.1, 0.15) is 34.5 Å². The van der Waals surface area contributed by atoms with Gasteiger partial charge in [-0.3, -0.25) is 14.3 Å². The number of amides is 1. The number of alkyl halides is 3. The average molecular weight is 441 g/mol. The number of methoxy groups -OCH3 is 1. The van der Waals surface area contributed by atoms with E-state index in [1.54, 1.807) is 0 Å². The van der Waals surface area contributed by atoms with Crippen molar-refractivity contribution in [3.05, 3.63) is 53.4 Å². The molecule has 1 N–H and O–H groups in total. The van der Waals surface area contributed by atoms with Crippen molar-refractivity contribution in [2.75, 3.05) is 7.11 Å². The number of hydrogen-bond donors (Lipinski definition) is 1. The van der Waals surface area contributed by atoms with Gasteiger partial charge in [0.05, 0.1) is 13.5 Å². The summed E-state index contributed by atoms with van der Waals surface area (Å²) >= 11 is 0. The first kappa shape index (κ1) is 21.9. The number of ether oxygens (including phenoxy) is 1. The first-order valence-electron chi connectivity index (χ1n) is 8.67. The van der Waals surface area contributed by atoms with Gasteiger partial charge < -0.3 is 14.6 Å². The fourth-order valence-corrected chi connectivity index (χ4v) is 2.62. The van der Waals surface area contributed by atoms with Gasteiger partial charge in [-0.15, -0.1) is 0 Å². The molecule has 1 atom stereocenters. The molecule has 0 aliphatic rings. The molecule has 9 nitrogen and oxygen atoms in total. The van der Waals surface area contributed by atoms with Crippen LogP contribution < -0.4 is 5.32 Å². The molecule has 3 aromatic rings. The Kier molecular flexibility index (Phi) is 6.04. The minimum Gasteiger partial charge on any atom is -0.469 e. The zero-order chi connectivity index (χ0) is 22.8. The van der Waals surface area contributed by atoms with E-state index in [0.29, 0.717) is 6.07 Å². The van der Waals surface area contributed by atoms with Gasteiger partial charge in [-0.1, -0.05) is 17.3 Å². The van der Waals surface area contributed by atoms with Crippen LogP contribution in [-0.4, -0.2) is 38.9 Å². The van der Waals surface area contributed by atoms with Crippen molar-refractivity contribution >= 4 is 11.9 Å². The first-order valence-corrected chi connectivity index (χ1v) is 8.67. The van der Waals surface area contributed by atoms with Crippen LogP contribution in [0.15, 0.2) is 34.9 Å². The Morgan fingerprint density at radius 2 is 2.03 bits per heavy atom.